The number of nitrogens with zero attached hydrogens (tertiary/aromatic N) is 1. The van der Waals surface area contributed by atoms with Crippen LogP contribution in [0.5, 0.6) is 0 Å². The Labute approximate surface area is 123 Å². The standard InChI is InChI=1S/C15H13N3O2S/c1-21(20)11-4-2-10(3-5-11)12-6-7-16-15-14(12)13(8-17-15)18-9-19/h2-9H,1H3,(H,16,17)(H,18,19). The highest BCUT2D eigenvalue weighted by molar-refractivity contribution is 7.84. The second-order valence-electron chi connectivity index (χ2n) is 4.53. The Hall–Kier alpha value is -2.47. The van der Waals surface area contributed by atoms with Crippen LogP contribution in [0.1, 0.15) is 0 Å². The van der Waals surface area contributed by atoms with Crippen LogP contribution in [0.4, 0.5) is 5.69 Å². The summed E-state index contributed by atoms with van der Waals surface area (Å²) < 4.78 is 11.5. The van der Waals surface area contributed by atoms with Gasteiger partial charge in [-0.2, -0.15) is 0 Å². The van der Waals surface area contributed by atoms with Gasteiger partial charge in [0.1, 0.15) is 5.65 Å². The molecule has 2 N–H and O–H groups in total. The molecular formula is C15H13N3O2S. The molecule has 0 spiro atoms. The zero-order valence-electron chi connectivity index (χ0n) is 11.3. The van der Waals surface area contributed by atoms with Crippen LogP contribution in [0.3, 0.4) is 0 Å². The van der Waals surface area contributed by atoms with E-state index < -0.39 is 10.8 Å². The molecule has 0 aliphatic heterocycles. The van der Waals surface area contributed by atoms with E-state index in [1.54, 1.807) is 18.6 Å². The van der Waals surface area contributed by atoms with E-state index in [4.69, 9.17) is 0 Å². The summed E-state index contributed by atoms with van der Waals surface area (Å²) in [5, 5.41) is 3.53. The highest BCUT2D eigenvalue weighted by atomic mass is 32.2. The number of aromatic amines is 1. The number of aromatic nitrogens is 2. The van der Waals surface area contributed by atoms with Crippen LogP contribution < -0.4 is 5.32 Å². The van der Waals surface area contributed by atoms with Gasteiger partial charge in [-0.05, 0) is 29.3 Å². The fraction of sp³-hybridized carbons (Fsp3) is 0.0667. The summed E-state index contributed by atoms with van der Waals surface area (Å²) in [5.74, 6) is 0. The van der Waals surface area contributed by atoms with E-state index in [2.05, 4.69) is 15.3 Å². The van der Waals surface area contributed by atoms with Crippen LogP contribution >= 0.6 is 0 Å². The smallest absolute Gasteiger partial charge is 0.211 e. The number of hydrogen-bond acceptors (Lipinski definition) is 3. The summed E-state index contributed by atoms with van der Waals surface area (Å²) in [6, 6.07) is 9.42. The largest absolute Gasteiger partial charge is 0.344 e. The van der Waals surface area contributed by atoms with Crippen molar-refractivity contribution in [2.45, 2.75) is 4.90 Å². The molecule has 3 rings (SSSR count). The lowest BCUT2D eigenvalue weighted by molar-refractivity contribution is -0.105. The zero-order chi connectivity index (χ0) is 14.8. The fourth-order valence-corrected chi connectivity index (χ4v) is 2.82. The van der Waals surface area contributed by atoms with E-state index in [0.29, 0.717) is 17.7 Å². The van der Waals surface area contributed by atoms with Crippen molar-refractivity contribution in [1.82, 2.24) is 9.97 Å². The molecule has 5 nitrogen and oxygen atoms in total. The van der Waals surface area contributed by atoms with Crippen molar-refractivity contribution in [3.05, 3.63) is 42.7 Å². The van der Waals surface area contributed by atoms with Crippen molar-refractivity contribution < 1.29 is 9.00 Å². The number of nitrogens with one attached hydrogen (secondary N) is 2. The lowest BCUT2D eigenvalue weighted by Gasteiger charge is -2.06. The fourth-order valence-electron chi connectivity index (χ4n) is 2.30. The minimum absolute atomic E-state index is 0.642. The first-order valence-electron chi connectivity index (χ1n) is 6.31. The molecule has 3 aromatic rings. The first kappa shape index (κ1) is 13.5. The maximum atomic E-state index is 11.5. The summed E-state index contributed by atoms with van der Waals surface area (Å²) >= 11 is 0. The molecule has 0 fully saturated rings. The average molecular weight is 299 g/mol. The molecule has 0 saturated heterocycles. The molecule has 1 aromatic carbocycles. The Bertz CT molecular complexity index is 825. The molecule has 0 bridgehead atoms. The number of amides is 1. The SMILES string of the molecule is CS(=O)c1ccc(-c2ccnc3[nH]cc(NC=O)c23)cc1. The second kappa shape index (κ2) is 5.49. The maximum absolute atomic E-state index is 11.5. The molecule has 0 saturated carbocycles. The molecule has 21 heavy (non-hydrogen) atoms. The summed E-state index contributed by atoms with van der Waals surface area (Å²) in [7, 11) is -0.998. The van der Waals surface area contributed by atoms with Crippen molar-refractivity contribution in [3.8, 4) is 11.1 Å². The minimum Gasteiger partial charge on any atom is -0.344 e. The molecule has 106 valence electrons. The van der Waals surface area contributed by atoms with Gasteiger partial charge in [0, 0.05) is 34.3 Å². The molecule has 0 radical (unpaired) electrons. The Kier molecular flexibility index (Phi) is 3.53. The third-order valence-electron chi connectivity index (χ3n) is 3.29. The van der Waals surface area contributed by atoms with E-state index in [9.17, 15) is 9.00 Å². The van der Waals surface area contributed by atoms with Crippen molar-refractivity contribution in [1.29, 1.82) is 0 Å². The number of anilines is 1. The minimum atomic E-state index is -0.998. The average Bonchev–Trinajstić information content (AvgIpc) is 2.91. The highest BCUT2D eigenvalue weighted by Crippen LogP contribution is 2.32. The van der Waals surface area contributed by atoms with Crippen LogP contribution in [0, 0.1) is 0 Å². The van der Waals surface area contributed by atoms with Gasteiger partial charge in [-0.15, -0.1) is 0 Å². The quantitative estimate of drug-likeness (QED) is 0.727. The Morgan fingerprint density at radius 3 is 2.67 bits per heavy atom. The van der Waals surface area contributed by atoms with Crippen molar-refractivity contribution >= 4 is 33.9 Å². The van der Waals surface area contributed by atoms with Crippen LogP contribution in [0.2, 0.25) is 0 Å². The molecular weight excluding hydrogens is 286 g/mol. The molecule has 0 aliphatic rings. The number of fused-ring (bicyclic) bond motifs is 1. The molecule has 2 heterocycles. The van der Waals surface area contributed by atoms with Crippen LogP contribution in [0.25, 0.3) is 22.2 Å². The highest BCUT2D eigenvalue weighted by Gasteiger charge is 2.11. The maximum Gasteiger partial charge on any atom is 0.211 e. The van der Waals surface area contributed by atoms with Gasteiger partial charge >= 0.3 is 0 Å². The number of hydrogen-bond donors (Lipinski definition) is 2. The predicted octanol–water partition coefficient (Wildman–Crippen LogP) is 2.54. The summed E-state index contributed by atoms with van der Waals surface area (Å²) in [4.78, 5) is 18.8. The normalized spacial score (nSPS) is 12.2. The van der Waals surface area contributed by atoms with Gasteiger partial charge in [0.25, 0.3) is 0 Å². The second-order valence-corrected chi connectivity index (χ2v) is 5.90. The Balaban J connectivity index is 2.17. The van der Waals surface area contributed by atoms with Gasteiger partial charge in [-0.1, -0.05) is 12.1 Å². The van der Waals surface area contributed by atoms with Crippen LogP contribution in [-0.2, 0) is 15.6 Å². The number of rotatable bonds is 4. The van der Waals surface area contributed by atoms with Gasteiger partial charge in [0.05, 0.1) is 11.1 Å². The third kappa shape index (κ3) is 2.45. The summed E-state index contributed by atoms with van der Waals surface area (Å²) in [5.41, 5.74) is 3.33. The predicted molar refractivity (Wildman–Crippen MR) is 83.5 cm³/mol. The molecule has 1 amide bonds. The van der Waals surface area contributed by atoms with Gasteiger partial charge < -0.3 is 10.3 Å². The Morgan fingerprint density at radius 1 is 1.24 bits per heavy atom. The van der Waals surface area contributed by atoms with Gasteiger partial charge in [0.2, 0.25) is 6.41 Å². The van der Waals surface area contributed by atoms with Crippen molar-refractivity contribution in [2.24, 2.45) is 0 Å². The monoisotopic (exact) mass is 299 g/mol. The zero-order valence-corrected chi connectivity index (χ0v) is 12.1. The van der Waals surface area contributed by atoms with E-state index >= 15 is 0 Å². The lowest BCUT2D eigenvalue weighted by atomic mass is 10.0. The lowest BCUT2D eigenvalue weighted by Crippen LogP contribution is -1.93. The van der Waals surface area contributed by atoms with Gasteiger partial charge in [-0.3, -0.25) is 9.00 Å². The molecule has 0 aliphatic carbocycles. The van der Waals surface area contributed by atoms with E-state index in [0.717, 1.165) is 21.4 Å². The molecule has 1 unspecified atom stereocenters. The van der Waals surface area contributed by atoms with Crippen molar-refractivity contribution in [2.75, 3.05) is 11.6 Å². The Morgan fingerprint density at radius 2 is 2.00 bits per heavy atom. The topological polar surface area (TPSA) is 74.8 Å². The summed E-state index contributed by atoms with van der Waals surface area (Å²) in [6.45, 7) is 0. The first-order valence-corrected chi connectivity index (χ1v) is 7.86. The molecule has 2 aromatic heterocycles. The first-order chi connectivity index (χ1) is 10.2. The van der Waals surface area contributed by atoms with Gasteiger partial charge in [-0.25, -0.2) is 4.98 Å². The number of carbonyl (C=O) groups excluding carboxylic acids is 1. The number of pyridine rings is 1. The van der Waals surface area contributed by atoms with Crippen molar-refractivity contribution in [3.63, 3.8) is 0 Å². The molecule has 6 heteroatoms. The number of benzene rings is 1. The van der Waals surface area contributed by atoms with Gasteiger partial charge in [0.15, 0.2) is 0 Å². The summed E-state index contributed by atoms with van der Waals surface area (Å²) in [6.07, 6.45) is 5.72. The molecule has 1 atom stereocenters. The van der Waals surface area contributed by atoms with Crippen LogP contribution in [-0.4, -0.2) is 26.8 Å². The number of carbonyl (C=O) groups is 1. The van der Waals surface area contributed by atoms with E-state index in [-0.39, 0.29) is 0 Å². The van der Waals surface area contributed by atoms with E-state index in [1.807, 2.05) is 30.3 Å². The van der Waals surface area contributed by atoms with E-state index in [1.165, 1.54) is 0 Å². The number of H-pyrrole nitrogens is 1. The third-order valence-corrected chi connectivity index (χ3v) is 4.22. The van der Waals surface area contributed by atoms with Crippen LogP contribution in [0.15, 0.2) is 47.6 Å².